The van der Waals surface area contributed by atoms with Crippen molar-refractivity contribution in [1.29, 1.82) is 0 Å². The van der Waals surface area contributed by atoms with Crippen molar-refractivity contribution in [3.05, 3.63) is 40.7 Å². The highest BCUT2D eigenvalue weighted by atomic mass is 35.5. The van der Waals surface area contributed by atoms with E-state index in [1.54, 1.807) is 0 Å². The number of benzene rings is 1. The van der Waals surface area contributed by atoms with E-state index < -0.39 is 38.5 Å². The molecule has 0 spiro atoms. The van der Waals surface area contributed by atoms with Gasteiger partial charge in [0.25, 0.3) is 5.91 Å². The van der Waals surface area contributed by atoms with Gasteiger partial charge in [0.05, 0.1) is 17.3 Å². The second kappa shape index (κ2) is 8.41. The second-order valence-corrected chi connectivity index (χ2v) is 8.62. The molecule has 11 nitrogen and oxygen atoms in total. The highest BCUT2D eigenvalue weighted by Gasteiger charge is 2.17. The van der Waals surface area contributed by atoms with Crippen LogP contribution in [-0.4, -0.2) is 54.6 Å². The molecular formula is C12H10Cl2N4O7S2. The largest absolute Gasteiger partial charge is 0.397 e. The van der Waals surface area contributed by atoms with Crippen molar-refractivity contribution < 1.29 is 30.4 Å². The Morgan fingerprint density at radius 1 is 1.04 bits per heavy atom. The van der Waals surface area contributed by atoms with Crippen LogP contribution < -0.4 is 5.32 Å². The fourth-order valence-electron chi connectivity index (χ4n) is 1.73. The van der Waals surface area contributed by atoms with Gasteiger partial charge in [0, 0.05) is 5.69 Å². The van der Waals surface area contributed by atoms with E-state index in [1.807, 2.05) is 0 Å². The number of hydrogen-bond acceptors (Lipinski definition) is 9. The summed E-state index contributed by atoms with van der Waals surface area (Å²) < 4.78 is 57.4. The van der Waals surface area contributed by atoms with Crippen molar-refractivity contribution in [1.82, 2.24) is 15.0 Å². The first-order valence-corrected chi connectivity index (χ1v) is 10.6. The van der Waals surface area contributed by atoms with E-state index in [0.717, 1.165) is 0 Å². The van der Waals surface area contributed by atoms with Crippen molar-refractivity contribution in [2.24, 2.45) is 0 Å². The van der Waals surface area contributed by atoms with Crippen molar-refractivity contribution in [2.75, 3.05) is 17.7 Å². The first-order valence-electron chi connectivity index (χ1n) is 6.79. The van der Waals surface area contributed by atoms with Crippen LogP contribution in [0.4, 0.5) is 5.69 Å². The summed E-state index contributed by atoms with van der Waals surface area (Å²) in [6.45, 7) is -0.749. The molecule has 0 unspecified atom stereocenters. The molecule has 0 saturated heterocycles. The Balaban J connectivity index is 2.07. The van der Waals surface area contributed by atoms with E-state index in [9.17, 15) is 21.6 Å². The van der Waals surface area contributed by atoms with Crippen LogP contribution in [0.15, 0.2) is 29.2 Å². The maximum absolute atomic E-state index is 12.0. The lowest BCUT2D eigenvalue weighted by atomic mass is 10.3. The minimum absolute atomic E-state index is 0.148. The Morgan fingerprint density at radius 2 is 1.59 bits per heavy atom. The number of hydrogen-bond donors (Lipinski definition) is 2. The Morgan fingerprint density at radius 3 is 2.11 bits per heavy atom. The molecule has 0 fully saturated rings. The summed E-state index contributed by atoms with van der Waals surface area (Å²) in [6.07, 6.45) is 0. The molecule has 1 amide bonds. The molecule has 0 aliphatic carbocycles. The minimum atomic E-state index is -4.73. The van der Waals surface area contributed by atoms with E-state index in [4.69, 9.17) is 27.8 Å². The zero-order valence-corrected chi connectivity index (χ0v) is 16.2. The summed E-state index contributed by atoms with van der Waals surface area (Å²) in [4.78, 5) is 22.6. The first-order chi connectivity index (χ1) is 12.5. The summed E-state index contributed by atoms with van der Waals surface area (Å²) in [7, 11) is -8.60. The molecule has 1 aromatic heterocycles. The molecule has 15 heteroatoms. The molecule has 146 valence electrons. The molecule has 1 aromatic carbocycles. The number of nitrogens with one attached hydrogen (secondary N) is 1. The van der Waals surface area contributed by atoms with Gasteiger partial charge in [-0.3, -0.25) is 9.35 Å². The fourth-order valence-corrected chi connectivity index (χ4v) is 3.58. The predicted octanol–water partition coefficient (Wildman–Crippen LogP) is 1.02. The van der Waals surface area contributed by atoms with E-state index >= 15 is 0 Å². The lowest BCUT2D eigenvalue weighted by Crippen LogP contribution is -2.17. The van der Waals surface area contributed by atoms with Gasteiger partial charge in [0.2, 0.25) is 16.4 Å². The molecule has 0 aliphatic rings. The van der Waals surface area contributed by atoms with E-state index in [0.29, 0.717) is 0 Å². The topological polar surface area (TPSA) is 166 Å². The molecule has 0 aliphatic heterocycles. The molecular weight excluding hydrogens is 447 g/mol. The van der Waals surface area contributed by atoms with Gasteiger partial charge in [-0.05, 0) is 47.5 Å². The quantitative estimate of drug-likeness (QED) is 0.573. The summed E-state index contributed by atoms with van der Waals surface area (Å²) in [5, 5.41) is 1.87. The van der Waals surface area contributed by atoms with E-state index in [-0.39, 0.29) is 27.0 Å². The molecule has 27 heavy (non-hydrogen) atoms. The number of anilines is 1. The van der Waals surface area contributed by atoms with Crippen molar-refractivity contribution >= 4 is 55.0 Å². The average Bonchev–Trinajstić information content (AvgIpc) is 2.53. The zero-order valence-electron chi connectivity index (χ0n) is 13.0. The Labute approximate surface area is 163 Å². The molecule has 0 bridgehead atoms. The van der Waals surface area contributed by atoms with Gasteiger partial charge in [-0.1, -0.05) is 0 Å². The number of aromatic nitrogens is 3. The van der Waals surface area contributed by atoms with Crippen LogP contribution in [0.2, 0.25) is 10.6 Å². The average molecular weight is 457 g/mol. The Kier molecular flexibility index (Phi) is 6.67. The van der Waals surface area contributed by atoms with Gasteiger partial charge in [-0.2, -0.15) is 23.4 Å². The van der Waals surface area contributed by atoms with Crippen LogP contribution in [-0.2, 0) is 24.4 Å². The SMILES string of the molecule is O=C(Nc1ccc(S(=O)(=O)CCOS(=O)(=O)O)cc1)c1nc(Cl)nc(Cl)n1. The molecule has 0 radical (unpaired) electrons. The van der Waals surface area contributed by atoms with Crippen LogP contribution in [0.3, 0.4) is 0 Å². The van der Waals surface area contributed by atoms with Crippen LogP contribution in [0.5, 0.6) is 0 Å². The second-order valence-electron chi connectivity index (χ2n) is 4.74. The zero-order chi connectivity index (χ0) is 20.2. The van der Waals surface area contributed by atoms with Gasteiger partial charge in [-0.15, -0.1) is 0 Å². The maximum Gasteiger partial charge on any atom is 0.397 e. The third-order valence-corrected chi connectivity index (χ3v) is 5.34. The number of carbonyl (C=O) groups excluding carboxylic acids is 1. The lowest BCUT2D eigenvalue weighted by molar-refractivity contribution is 0.101. The summed E-state index contributed by atoms with van der Waals surface area (Å²) in [5.74, 6) is -1.77. The Hall–Kier alpha value is -1.90. The van der Waals surface area contributed by atoms with E-state index in [1.165, 1.54) is 24.3 Å². The number of carbonyl (C=O) groups is 1. The number of nitrogens with zero attached hydrogens (tertiary/aromatic N) is 3. The number of sulfone groups is 1. The maximum atomic E-state index is 12.0. The van der Waals surface area contributed by atoms with Crippen molar-refractivity contribution in [3.8, 4) is 0 Å². The Bertz CT molecular complexity index is 1040. The van der Waals surface area contributed by atoms with Gasteiger partial charge >= 0.3 is 10.4 Å². The highest BCUT2D eigenvalue weighted by molar-refractivity contribution is 7.91. The number of rotatable bonds is 7. The molecule has 2 rings (SSSR count). The first kappa shape index (κ1) is 21.4. The third kappa shape index (κ3) is 6.64. The molecule has 2 N–H and O–H groups in total. The van der Waals surface area contributed by atoms with Crippen LogP contribution in [0.1, 0.15) is 10.6 Å². The van der Waals surface area contributed by atoms with Crippen molar-refractivity contribution in [3.63, 3.8) is 0 Å². The molecule has 0 saturated carbocycles. The number of amides is 1. The summed E-state index contributed by atoms with van der Waals surface area (Å²) in [6, 6.07) is 4.95. The normalized spacial score (nSPS) is 12.0. The van der Waals surface area contributed by atoms with Gasteiger partial charge in [-0.25, -0.2) is 12.6 Å². The fraction of sp³-hybridized carbons (Fsp3) is 0.167. The van der Waals surface area contributed by atoms with Crippen molar-refractivity contribution in [2.45, 2.75) is 4.90 Å². The van der Waals surface area contributed by atoms with Crippen LogP contribution in [0, 0.1) is 0 Å². The monoisotopic (exact) mass is 456 g/mol. The molecule has 2 aromatic rings. The number of halogens is 2. The third-order valence-electron chi connectivity index (χ3n) is 2.84. The van der Waals surface area contributed by atoms with E-state index in [2.05, 4.69) is 24.5 Å². The lowest BCUT2D eigenvalue weighted by Gasteiger charge is -2.07. The molecule has 1 heterocycles. The highest BCUT2D eigenvalue weighted by Crippen LogP contribution is 2.16. The predicted molar refractivity (Wildman–Crippen MR) is 93.8 cm³/mol. The van der Waals surface area contributed by atoms with Crippen LogP contribution >= 0.6 is 23.2 Å². The summed E-state index contributed by atoms with van der Waals surface area (Å²) >= 11 is 11.2. The smallest absolute Gasteiger partial charge is 0.319 e. The van der Waals surface area contributed by atoms with Gasteiger partial charge < -0.3 is 5.32 Å². The molecule has 0 atom stereocenters. The van der Waals surface area contributed by atoms with Gasteiger partial charge in [0.1, 0.15) is 0 Å². The van der Waals surface area contributed by atoms with Gasteiger partial charge in [0.15, 0.2) is 9.84 Å². The van der Waals surface area contributed by atoms with Crippen LogP contribution in [0.25, 0.3) is 0 Å². The minimum Gasteiger partial charge on any atom is -0.319 e. The standard InChI is InChI=1S/C12H10Cl2N4O7S2/c13-11-16-9(17-12(14)18-11)10(19)15-7-1-3-8(4-2-7)26(20,21)6-5-25-27(22,23)24/h1-4H,5-6H2,(H,15,19)(H,22,23,24). The summed E-state index contributed by atoms with van der Waals surface area (Å²) in [5.41, 5.74) is 0.223.